The third kappa shape index (κ3) is 7.07. The van der Waals surface area contributed by atoms with Gasteiger partial charge in [0.05, 0.1) is 12.8 Å². The summed E-state index contributed by atoms with van der Waals surface area (Å²) in [4.78, 5) is 31.9. The monoisotopic (exact) mass is 504 g/mol. The number of hydrogen-bond donors (Lipinski definition) is 1. The molecular weight excluding hydrogens is 471 g/mol. The molecule has 1 aliphatic rings. The van der Waals surface area contributed by atoms with E-state index < -0.39 is 0 Å². The average Bonchev–Trinajstić information content (AvgIpc) is 2.92. The SMILES string of the molecule is COc1ccccc1NC(=O)N1CCN(CCN(Cc2ccc(F)cc2)C(=O)c2ccc(C)cc2)CC1. The lowest BCUT2D eigenvalue weighted by Crippen LogP contribution is -2.51. The predicted octanol–water partition coefficient (Wildman–Crippen LogP) is 4.63. The lowest BCUT2D eigenvalue weighted by atomic mass is 10.1. The van der Waals surface area contributed by atoms with Gasteiger partial charge >= 0.3 is 6.03 Å². The number of para-hydroxylation sites is 2. The second-order valence-electron chi connectivity index (χ2n) is 9.18. The number of urea groups is 1. The van der Waals surface area contributed by atoms with Crippen LogP contribution in [-0.4, -0.2) is 73.0 Å². The molecule has 1 N–H and O–H groups in total. The van der Waals surface area contributed by atoms with Crippen molar-refractivity contribution in [2.24, 2.45) is 0 Å². The first-order valence-electron chi connectivity index (χ1n) is 12.4. The Morgan fingerprint density at radius 3 is 2.30 bits per heavy atom. The van der Waals surface area contributed by atoms with E-state index in [9.17, 15) is 14.0 Å². The second-order valence-corrected chi connectivity index (χ2v) is 9.18. The molecule has 4 rings (SSSR count). The topological polar surface area (TPSA) is 65.1 Å². The summed E-state index contributed by atoms with van der Waals surface area (Å²) < 4.78 is 18.7. The van der Waals surface area contributed by atoms with Gasteiger partial charge in [-0.25, -0.2) is 9.18 Å². The Labute approximate surface area is 217 Å². The van der Waals surface area contributed by atoms with Crippen LogP contribution in [0.5, 0.6) is 5.75 Å². The van der Waals surface area contributed by atoms with Gasteiger partial charge in [0.25, 0.3) is 5.91 Å². The number of nitrogens with zero attached hydrogens (tertiary/aromatic N) is 3. The first-order chi connectivity index (χ1) is 17.9. The van der Waals surface area contributed by atoms with Crippen LogP contribution in [0.2, 0.25) is 0 Å². The first kappa shape index (κ1) is 26.2. The van der Waals surface area contributed by atoms with E-state index in [1.807, 2.05) is 55.5 Å². The van der Waals surface area contributed by atoms with Gasteiger partial charge in [-0.15, -0.1) is 0 Å². The second kappa shape index (κ2) is 12.4. The number of carbonyl (C=O) groups is 2. The molecule has 3 amide bonds. The molecule has 1 fully saturated rings. The predicted molar refractivity (Wildman–Crippen MR) is 142 cm³/mol. The molecular formula is C29H33FN4O3. The maximum Gasteiger partial charge on any atom is 0.322 e. The number of methoxy groups -OCH3 is 1. The Morgan fingerprint density at radius 1 is 0.946 bits per heavy atom. The van der Waals surface area contributed by atoms with Gasteiger partial charge in [-0.05, 0) is 48.9 Å². The Balaban J connectivity index is 1.34. The molecule has 3 aromatic carbocycles. The molecule has 0 saturated carbocycles. The summed E-state index contributed by atoms with van der Waals surface area (Å²) in [7, 11) is 1.58. The zero-order chi connectivity index (χ0) is 26.2. The van der Waals surface area contributed by atoms with E-state index in [1.54, 1.807) is 29.0 Å². The van der Waals surface area contributed by atoms with Crippen LogP contribution in [-0.2, 0) is 6.54 Å². The number of aryl methyl sites for hydroxylation is 1. The van der Waals surface area contributed by atoms with E-state index in [-0.39, 0.29) is 17.8 Å². The average molecular weight is 505 g/mol. The summed E-state index contributed by atoms with van der Waals surface area (Å²) in [6, 6.07) is 21.0. The first-order valence-corrected chi connectivity index (χ1v) is 12.4. The standard InChI is InChI=1S/C29H33FN4O3/c1-22-7-11-24(12-8-22)28(35)34(21-23-9-13-25(30)14-10-23)20-17-32-15-18-33(19-16-32)29(36)31-26-5-3-4-6-27(26)37-2/h3-14H,15-21H2,1-2H3,(H,31,36). The molecule has 194 valence electrons. The van der Waals surface area contributed by atoms with Crippen LogP contribution in [0.3, 0.4) is 0 Å². The van der Waals surface area contributed by atoms with Crippen molar-refractivity contribution < 1.29 is 18.7 Å². The van der Waals surface area contributed by atoms with Crippen LogP contribution in [0.25, 0.3) is 0 Å². The molecule has 1 saturated heterocycles. The number of halogens is 1. The molecule has 0 bridgehead atoms. The van der Waals surface area contributed by atoms with Gasteiger partial charge in [-0.2, -0.15) is 0 Å². The van der Waals surface area contributed by atoms with Gasteiger partial charge in [0, 0.05) is 51.4 Å². The number of amides is 3. The fourth-order valence-electron chi connectivity index (χ4n) is 4.32. The van der Waals surface area contributed by atoms with Gasteiger partial charge in [-0.3, -0.25) is 9.69 Å². The van der Waals surface area contributed by atoms with Gasteiger partial charge in [0.15, 0.2) is 0 Å². The van der Waals surface area contributed by atoms with Crippen molar-refractivity contribution >= 4 is 17.6 Å². The van der Waals surface area contributed by atoms with Gasteiger partial charge in [0.2, 0.25) is 0 Å². The molecule has 0 unspecified atom stereocenters. The normalized spacial score (nSPS) is 13.8. The number of ether oxygens (including phenoxy) is 1. The molecule has 0 radical (unpaired) electrons. The number of hydrogen-bond acceptors (Lipinski definition) is 4. The Kier molecular flexibility index (Phi) is 8.74. The fourth-order valence-corrected chi connectivity index (χ4v) is 4.32. The summed E-state index contributed by atoms with van der Waals surface area (Å²) in [5.41, 5.74) is 3.24. The summed E-state index contributed by atoms with van der Waals surface area (Å²) in [5, 5.41) is 2.93. The van der Waals surface area contributed by atoms with E-state index in [1.165, 1.54) is 12.1 Å². The largest absolute Gasteiger partial charge is 0.495 e. The summed E-state index contributed by atoms with van der Waals surface area (Å²) in [5.74, 6) is 0.265. The molecule has 0 aliphatic carbocycles. The fraction of sp³-hybridized carbons (Fsp3) is 0.310. The molecule has 0 spiro atoms. The quantitative estimate of drug-likeness (QED) is 0.486. The number of rotatable bonds is 8. The zero-order valence-corrected chi connectivity index (χ0v) is 21.3. The third-order valence-electron chi connectivity index (χ3n) is 6.57. The molecule has 1 aliphatic heterocycles. The van der Waals surface area contributed by atoms with E-state index >= 15 is 0 Å². The van der Waals surface area contributed by atoms with Crippen LogP contribution in [0.4, 0.5) is 14.9 Å². The lowest BCUT2D eigenvalue weighted by molar-refractivity contribution is 0.0704. The lowest BCUT2D eigenvalue weighted by Gasteiger charge is -2.36. The number of benzene rings is 3. The van der Waals surface area contributed by atoms with E-state index in [0.717, 1.165) is 11.1 Å². The van der Waals surface area contributed by atoms with E-state index in [0.29, 0.717) is 62.8 Å². The summed E-state index contributed by atoms with van der Waals surface area (Å²) >= 11 is 0. The number of piperazine rings is 1. The highest BCUT2D eigenvalue weighted by Crippen LogP contribution is 2.23. The van der Waals surface area contributed by atoms with Gasteiger partial charge < -0.3 is 19.9 Å². The van der Waals surface area contributed by atoms with Crippen molar-refractivity contribution in [3.63, 3.8) is 0 Å². The number of nitrogens with one attached hydrogen (secondary N) is 1. The molecule has 8 heteroatoms. The molecule has 7 nitrogen and oxygen atoms in total. The van der Waals surface area contributed by atoms with Crippen LogP contribution >= 0.6 is 0 Å². The minimum absolute atomic E-state index is 0.0563. The highest BCUT2D eigenvalue weighted by Gasteiger charge is 2.23. The van der Waals surface area contributed by atoms with Crippen LogP contribution < -0.4 is 10.1 Å². The van der Waals surface area contributed by atoms with Crippen molar-refractivity contribution in [2.45, 2.75) is 13.5 Å². The Morgan fingerprint density at radius 2 is 1.62 bits per heavy atom. The van der Waals surface area contributed by atoms with Gasteiger partial charge in [-0.1, -0.05) is 42.0 Å². The maximum absolute atomic E-state index is 13.4. The minimum atomic E-state index is -0.298. The van der Waals surface area contributed by atoms with Crippen molar-refractivity contribution in [1.29, 1.82) is 0 Å². The minimum Gasteiger partial charge on any atom is -0.495 e. The summed E-state index contributed by atoms with van der Waals surface area (Å²) in [6.07, 6.45) is 0. The highest BCUT2D eigenvalue weighted by atomic mass is 19.1. The summed E-state index contributed by atoms with van der Waals surface area (Å²) in [6.45, 7) is 6.19. The Bertz CT molecular complexity index is 1190. The molecule has 0 atom stereocenters. The van der Waals surface area contributed by atoms with Crippen molar-refractivity contribution in [3.8, 4) is 5.75 Å². The smallest absolute Gasteiger partial charge is 0.322 e. The number of anilines is 1. The van der Waals surface area contributed by atoms with Crippen molar-refractivity contribution in [2.75, 3.05) is 51.7 Å². The Hall–Kier alpha value is -3.91. The highest BCUT2D eigenvalue weighted by molar-refractivity contribution is 5.94. The van der Waals surface area contributed by atoms with Crippen LogP contribution in [0.1, 0.15) is 21.5 Å². The van der Waals surface area contributed by atoms with Crippen LogP contribution in [0.15, 0.2) is 72.8 Å². The zero-order valence-electron chi connectivity index (χ0n) is 21.3. The number of carbonyl (C=O) groups excluding carboxylic acids is 2. The maximum atomic E-state index is 13.4. The van der Waals surface area contributed by atoms with Gasteiger partial charge in [0.1, 0.15) is 11.6 Å². The van der Waals surface area contributed by atoms with Crippen molar-refractivity contribution in [3.05, 3.63) is 95.3 Å². The van der Waals surface area contributed by atoms with E-state index in [2.05, 4.69) is 10.2 Å². The molecule has 1 heterocycles. The molecule has 3 aromatic rings. The molecule has 0 aromatic heterocycles. The van der Waals surface area contributed by atoms with Crippen LogP contribution in [0, 0.1) is 12.7 Å². The van der Waals surface area contributed by atoms with E-state index in [4.69, 9.17) is 4.74 Å². The molecule has 37 heavy (non-hydrogen) atoms. The third-order valence-corrected chi connectivity index (χ3v) is 6.57. The van der Waals surface area contributed by atoms with Crippen molar-refractivity contribution in [1.82, 2.24) is 14.7 Å².